The zero-order valence-electron chi connectivity index (χ0n) is 17.5. The van der Waals surface area contributed by atoms with Crippen LogP contribution in [0.1, 0.15) is 17.5 Å². The van der Waals surface area contributed by atoms with Crippen molar-refractivity contribution in [3.8, 4) is 5.75 Å². The average Bonchev–Trinajstić information content (AvgIpc) is 2.78. The van der Waals surface area contributed by atoms with Crippen LogP contribution in [0.15, 0.2) is 60.7 Å². The number of piperazine rings is 1. The number of aromatic hydroxyl groups is 1. The number of phenols is 1. The number of aliphatic hydroxyl groups is 1. The van der Waals surface area contributed by atoms with Gasteiger partial charge in [0.1, 0.15) is 5.75 Å². The number of anilines is 1. The topological polar surface area (TPSA) is 81.1 Å². The number of nitrogens with zero attached hydrogens (tertiary/aromatic N) is 2. The number of benzene rings is 2. The fourth-order valence-electron chi connectivity index (χ4n) is 3.52. The van der Waals surface area contributed by atoms with Crippen LogP contribution >= 0.6 is 0 Å². The normalized spacial score (nSPS) is 15.1. The molecule has 0 atom stereocenters. The first-order valence-corrected chi connectivity index (χ1v) is 10.4. The number of rotatable bonds is 9. The van der Waals surface area contributed by atoms with E-state index < -0.39 is 0 Å². The number of aliphatic hydroxyl groups excluding tert-OH is 1. The molecule has 6 heteroatoms. The minimum atomic E-state index is -0.268. The summed E-state index contributed by atoms with van der Waals surface area (Å²) in [6, 6.07) is 14.4. The summed E-state index contributed by atoms with van der Waals surface area (Å²) in [7, 11) is 0. The number of hydrogen-bond donors (Lipinski definition) is 2. The number of para-hydroxylation sites is 1. The second-order valence-corrected chi connectivity index (χ2v) is 7.48. The SMILES string of the molecule is O=C(C=Cc1ccc(O)cc1)CC(=O)C=Cc1ccccc1N1CCN(CCO)CC1. The highest BCUT2D eigenvalue weighted by molar-refractivity contribution is 6.11. The highest BCUT2D eigenvalue weighted by Gasteiger charge is 2.18. The van der Waals surface area contributed by atoms with E-state index in [4.69, 9.17) is 5.11 Å². The first-order chi connectivity index (χ1) is 15.0. The third kappa shape index (κ3) is 6.91. The Morgan fingerprint density at radius 3 is 2.19 bits per heavy atom. The van der Waals surface area contributed by atoms with Gasteiger partial charge in [0.05, 0.1) is 13.0 Å². The average molecular weight is 421 g/mol. The maximum absolute atomic E-state index is 12.3. The maximum Gasteiger partial charge on any atom is 0.163 e. The van der Waals surface area contributed by atoms with E-state index in [-0.39, 0.29) is 30.3 Å². The highest BCUT2D eigenvalue weighted by atomic mass is 16.3. The second kappa shape index (κ2) is 11.2. The molecule has 0 spiro atoms. The lowest BCUT2D eigenvalue weighted by molar-refractivity contribution is -0.121. The van der Waals surface area contributed by atoms with Gasteiger partial charge in [0, 0.05) is 38.4 Å². The lowest BCUT2D eigenvalue weighted by Gasteiger charge is -2.36. The molecular weight excluding hydrogens is 392 g/mol. The first-order valence-electron chi connectivity index (χ1n) is 10.4. The van der Waals surface area contributed by atoms with Crippen LogP contribution in [0.25, 0.3) is 12.2 Å². The number of carbonyl (C=O) groups is 2. The summed E-state index contributed by atoms with van der Waals surface area (Å²) in [4.78, 5) is 28.9. The predicted octanol–water partition coefficient (Wildman–Crippen LogP) is 2.76. The van der Waals surface area contributed by atoms with Crippen LogP contribution in [0.4, 0.5) is 5.69 Å². The Hall–Kier alpha value is -3.22. The molecule has 31 heavy (non-hydrogen) atoms. The monoisotopic (exact) mass is 420 g/mol. The first kappa shape index (κ1) is 22.5. The molecule has 1 heterocycles. The molecule has 1 aliphatic rings. The minimum absolute atomic E-state index is 0.163. The van der Waals surface area contributed by atoms with Gasteiger partial charge in [-0.3, -0.25) is 14.5 Å². The number of carbonyl (C=O) groups excluding carboxylic acids is 2. The van der Waals surface area contributed by atoms with Crippen LogP contribution in [0.3, 0.4) is 0 Å². The molecular formula is C25H28N2O4. The van der Waals surface area contributed by atoms with Crippen LogP contribution in [0, 0.1) is 0 Å². The van der Waals surface area contributed by atoms with Gasteiger partial charge in [-0.15, -0.1) is 0 Å². The van der Waals surface area contributed by atoms with Crippen molar-refractivity contribution in [2.45, 2.75) is 6.42 Å². The lowest BCUT2D eigenvalue weighted by atomic mass is 10.1. The number of phenolic OH excluding ortho intramolecular Hbond substituents is 1. The maximum atomic E-state index is 12.3. The second-order valence-electron chi connectivity index (χ2n) is 7.48. The summed E-state index contributed by atoms with van der Waals surface area (Å²) in [5.74, 6) is -0.352. The minimum Gasteiger partial charge on any atom is -0.508 e. The third-order valence-electron chi connectivity index (χ3n) is 5.22. The largest absolute Gasteiger partial charge is 0.508 e. The van der Waals surface area contributed by atoms with Crippen molar-refractivity contribution in [1.82, 2.24) is 4.90 Å². The molecule has 1 saturated heterocycles. The number of β-amino-alcohol motifs (C(OH)–C–C–N with tert-alkyl or cyclic N) is 1. The van der Waals surface area contributed by atoms with Gasteiger partial charge in [-0.2, -0.15) is 0 Å². The van der Waals surface area contributed by atoms with Crippen molar-refractivity contribution >= 4 is 29.4 Å². The molecule has 0 amide bonds. The molecule has 2 aromatic rings. The molecule has 0 bridgehead atoms. The molecule has 1 fully saturated rings. The van der Waals surface area contributed by atoms with Crippen LogP contribution in [0.2, 0.25) is 0 Å². The standard InChI is InChI=1S/C25H28N2O4/c28-18-17-26-13-15-27(16-14-26)25-4-2-1-3-21(25)8-12-24(31)19-23(30)11-7-20-5-9-22(29)10-6-20/h1-12,28-29H,13-19H2. The Morgan fingerprint density at radius 2 is 1.52 bits per heavy atom. The van der Waals surface area contributed by atoms with E-state index in [0.29, 0.717) is 6.54 Å². The van der Waals surface area contributed by atoms with Crippen molar-refractivity contribution in [2.24, 2.45) is 0 Å². The number of hydrogen-bond acceptors (Lipinski definition) is 6. The van der Waals surface area contributed by atoms with Gasteiger partial charge in [-0.1, -0.05) is 36.4 Å². The molecule has 1 aliphatic heterocycles. The predicted molar refractivity (Wildman–Crippen MR) is 123 cm³/mol. The highest BCUT2D eigenvalue weighted by Crippen LogP contribution is 2.23. The lowest BCUT2D eigenvalue weighted by Crippen LogP contribution is -2.47. The van der Waals surface area contributed by atoms with E-state index in [2.05, 4.69) is 9.80 Å². The van der Waals surface area contributed by atoms with Crippen molar-refractivity contribution in [1.29, 1.82) is 0 Å². The Balaban J connectivity index is 1.57. The molecule has 2 aromatic carbocycles. The van der Waals surface area contributed by atoms with Crippen molar-refractivity contribution < 1.29 is 19.8 Å². The van der Waals surface area contributed by atoms with E-state index in [1.165, 1.54) is 12.2 Å². The van der Waals surface area contributed by atoms with Gasteiger partial charge in [0.15, 0.2) is 11.6 Å². The fourth-order valence-corrected chi connectivity index (χ4v) is 3.52. The quantitative estimate of drug-likeness (QED) is 0.480. The molecule has 162 valence electrons. The van der Waals surface area contributed by atoms with E-state index >= 15 is 0 Å². The Kier molecular flexibility index (Phi) is 8.15. The van der Waals surface area contributed by atoms with Gasteiger partial charge in [-0.25, -0.2) is 0 Å². The van der Waals surface area contributed by atoms with Crippen LogP contribution in [0.5, 0.6) is 5.75 Å². The van der Waals surface area contributed by atoms with Crippen molar-refractivity contribution in [3.05, 3.63) is 71.8 Å². The summed E-state index contributed by atoms with van der Waals surface area (Å²) in [6.07, 6.45) is 6.07. The summed E-state index contributed by atoms with van der Waals surface area (Å²) in [5.41, 5.74) is 2.79. The Bertz CT molecular complexity index is 942. The van der Waals surface area contributed by atoms with Crippen LogP contribution in [-0.2, 0) is 9.59 Å². The van der Waals surface area contributed by atoms with Gasteiger partial charge in [0.25, 0.3) is 0 Å². The van der Waals surface area contributed by atoms with Gasteiger partial charge >= 0.3 is 0 Å². The Labute approximate surface area is 182 Å². The molecule has 0 unspecified atom stereocenters. The van der Waals surface area contributed by atoms with Crippen molar-refractivity contribution in [2.75, 3.05) is 44.2 Å². The van der Waals surface area contributed by atoms with Gasteiger partial charge in [0.2, 0.25) is 0 Å². The van der Waals surface area contributed by atoms with E-state index in [9.17, 15) is 14.7 Å². The van der Waals surface area contributed by atoms with Crippen molar-refractivity contribution in [3.63, 3.8) is 0 Å². The zero-order chi connectivity index (χ0) is 22.1. The molecule has 0 radical (unpaired) electrons. The summed E-state index contributed by atoms with van der Waals surface area (Å²) in [6.45, 7) is 4.36. The Morgan fingerprint density at radius 1 is 0.871 bits per heavy atom. The summed E-state index contributed by atoms with van der Waals surface area (Å²) in [5, 5.41) is 18.4. The molecule has 2 N–H and O–H groups in total. The van der Waals surface area contributed by atoms with Crippen LogP contribution < -0.4 is 4.90 Å². The number of allylic oxidation sites excluding steroid dienone is 2. The molecule has 3 rings (SSSR count). The van der Waals surface area contributed by atoms with Crippen LogP contribution in [-0.4, -0.2) is 66.0 Å². The summed E-state index contributed by atoms with van der Waals surface area (Å²) >= 11 is 0. The smallest absolute Gasteiger partial charge is 0.163 e. The molecule has 0 aromatic heterocycles. The van der Waals surface area contributed by atoms with Gasteiger partial charge < -0.3 is 15.1 Å². The zero-order valence-corrected chi connectivity index (χ0v) is 17.5. The van der Waals surface area contributed by atoms with E-state index in [1.54, 1.807) is 36.4 Å². The number of ketones is 2. The van der Waals surface area contributed by atoms with E-state index in [1.807, 2.05) is 24.3 Å². The molecule has 6 nitrogen and oxygen atoms in total. The fraction of sp³-hybridized carbons (Fsp3) is 0.280. The summed E-state index contributed by atoms with van der Waals surface area (Å²) < 4.78 is 0. The van der Waals surface area contributed by atoms with Gasteiger partial charge in [-0.05, 0) is 47.6 Å². The molecule has 0 saturated carbocycles. The molecule has 0 aliphatic carbocycles. The van der Waals surface area contributed by atoms with E-state index in [0.717, 1.165) is 43.0 Å². The third-order valence-corrected chi connectivity index (χ3v) is 5.22.